The average Bonchev–Trinajstić information content (AvgIpc) is 3.31. The van der Waals surface area contributed by atoms with E-state index in [0.29, 0.717) is 0 Å². The van der Waals surface area contributed by atoms with Gasteiger partial charge in [0.1, 0.15) is 0 Å². The zero-order chi connectivity index (χ0) is 26.7. The Hall–Kier alpha value is -4.53. The first-order valence-corrected chi connectivity index (χ1v) is 14.4. The Morgan fingerprint density at radius 2 is 1.15 bits per heavy atom. The van der Waals surface area contributed by atoms with Crippen molar-refractivity contribution < 1.29 is 0 Å². The topological polar surface area (TPSA) is 12.9 Å². The molecule has 40 heavy (non-hydrogen) atoms. The molecule has 0 saturated heterocycles. The summed E-state index contributed by atoms with van der Waals surface area (Å²) < 4.78 is 1.05. The van der Waals surface area contributed by atoms with Crippen LogP contribution in [0.25, 0.3) is 44.1 Å². The van der Waals surface area contributed by atoms with Crippen LogP contribution in [0.2, 0.25) is 0 Å². The van der Waals surface area contributed by atoms with Gasteiger partial charge in [-0.2, -0.15) is 0 Å². The fourth-order valence-electron chi connectivity index (χ4n) is 6.74. The highest BCUT2D eigenvalue weighted by atomic mass is 79.9. The van der Waals surface area contributed by atoms with E-state index in [1.165, 1.54) is 49.5 Å². The monoisotopic (exact) mass is 573 g/mol. The minimum Gasteiger partial charge on any atom is -0.247 e. The quantitative estimate of drug-likeness (QED) is 0.191. The fourth-order valence-corrected chi connectivity index (χ4v) is 7.14. The summed E-state index contributed by atoms with van der Waals surface area (Å²) in [4.78, 5) is 5.26. The molecule has 1 aromatic heterocycles. The Morgan fingerprint density at radius 3 is 1.90 bits per heavy atom. The van der Waals surface area contributed by atoms with E-state index in [4.69, 9.17) is 4.98 Å². The predicted octanol–water partition coefficient (Wildman–Crippen LogP) is 10.2. The molecule has 6 aromatic carbocycles. The highest BCUT2D eigenvalue weighted by Crippen LogP contribution is 2.57. The summed E-state index contributed by atoms with van der Waals surface area (Å²) in [5.74, 6) is 0. The molecule has 0 aliphatic heterocycles. The van der Waals surface area contributed by atoms with E-state index in [1.54, 1.807) is 0 Å². The van der Waals surface area contributed by atoms with Gasteiger partial charge in [0.2, 0.25) is 0 Å². The maximum absolute atomic E-state index is 5.26. The van der Waals surface area contributed by atoms with Crippen molar-refractivity contribution in [2.24, 2.45) is 0 Å². The van der Waals surface area contributed by atoms with Gasteiger partial charge in [-0.05, 0) is 69.1 Å². The summed E-state index contributed by atoms with van der Waals surface area (Å²) in [6.45, 7) is 0. The summed E-state index contributed by atoms with van der Waals surface area (Å²) in [5, 5.41) is 3.57. The van der Waals surface area contributed by atoms with E-state index in [-0.39, 0.29) is 0 Å². The molecule has 1 heterocycles. The number of nitrogens with zero attached hydrogens (tertiary/aromatic N) is 1. The average molecular weight is 575 g/mol. The number of fused-ring (bicyclic) bond motifs is 6. The first-order chi connectivity index (χ1) is 19.7. The Kier molecular flexibility index (Phi) is 5.26. The summed E-state index contributed by atoms with van der Waals surface area (Å²) >= 11 is 3.69. The van der Waals surface area contributed by atoms with Crippen LogP contribution in [0.1, 0.15) is 22.3 Å². The van der Waals surface area contributed by atoms with Crippen LogP contribution in [0.5, 0.6) is 0 Å². The standard InChI is InChI=1S/C38H24BrN/c39-28-17-11-12-25(22-28)37-33-24-35-32(23-31(33)30-19-8-10-21-36(30)40-37)29-18-7-9-20-34(29)38(35,26-13-3-1-4-14-26)27-15-5-2-6-16-27/h1-24H. The lowest BCUT2D eigenvalue weighted by Crippen LogP contribution is -2.28. The van der Waals surface area contributed by atoms with Crippen molar-refractivity contribution in [3.8, 4) is 22.4 Å². The van der Waals surface area contributed by atoms with Crippen LogP contribution in [0.15, 0.2) is 150 Å². The molecule has 0 radical (unpaired) electrons. The van der Waals surface area contributed by atoms with Gasteiger partial charge >= 0.3 is 0 Å². The SMILES string of the molecule is Brc1cccc(-c2nc3ccccc3c3cc4c(cc23)C(c2ccccc2)(c2ccccc2)c2ccccc2-4)c1. The normalized spacial score (nSPS) is 13.3. The number of pyridine rings is 1. The van der Waals surface area contributed by atoms with Crippen molar-refractivity contribution in [1.29, 1.82) is 0 Å². The van der Waals surface area contributed by atoms with Crippen molar-refractivity contribution in [2.45, 2.75) is 5.41 Å². The Bertz CT molecular complexity index is 2020. The summed E-state index contributed by atoms with van der Waals surface area (Å²) in [6.07, 6.45) is 0. The van der Waals surface area contributed by atoms with Crippen LogP contribution < -0.4 is 0 Å². The molecule has 2 heteroatoms. The van der Waals surface area contributed by atoms with Crippen LogP contribution in [-0.2, 0) is 5.41 Å². The van der Waals surface area contributed by atoms with E-state index < -0.39 is 5.41 Å². The molecule has 0 N–H and O–H groups in total. The molecule has 8 rings (SSSR count). The third kappa shape index (κ3) is 3.30. The lowest BCUT2D eigenvalue weighted by Gasteiger charge is -2.34. The second kappa shape index (κ2) is 9.01. The van der Waals surface area contributed by atoms with Gasteiger partial charge in [0, 0.05) is 20.8 Å². The molecule has 0 atom stereocenters. The molecule has 0 spiro atoms. The van der Waals surface area contributed by atoms with Crippen molar-refractivity contribution in [3.63, 3.8) is 0 Å². The molecule has 0 unspecified atom stereocenters. The van der Waals surface area contributed by atoms with Gasteiger partial charge in [-0.25, -0.2) is 4.98 Å². The number of hydrogen-bond acceptors (Lipinski definition) is 1. The molecular formula is C38H24BrN. The van der Waals surface area contributed by atoms with Gasteiger partial charge in [0.05, 0.1) is 16.6 Å². The molecule has 0 bridgehead atoms. The van der Waals surface area contributed by atoms with E-state index in [1.807, 2.05) is 0 Å². The molecule has 7 aromatic rings. The molecule has 1 aliphatic carbocycles. The number of hydrogen-bond donors (Lipinski definition) is 0. The van der Waals surface area contributed by atoms with Crippen LogP contribution in [0, 0.1) is 0 Å². The highest BCUT2D eigenvalue weighted by molar-refractivity contribution is 9.10. The third-order valence-corrected chi connectivity index (χ3v) is 8.87. The second-order valence-corrected chi connectivity index (χ2v) is 11.4. The van der Waals surface area contributed by atoms with E-state index in [2.05, 4.69) is 162 Å². The van der Waals surface area contributed by atoms with Crippen molar-refractivity contribution in [3.05, 3.63) is 172 Å². The van der Waals surface area contributed by atoms with Crippen LogP contribution >= 0.6 is 15.9 Å². The Labute approximate surface area is 241 Å². The number of rotatable bonds is 3. The maximum atomic E-state index is 5.26. The number of halogens is 1. The first-order valence-electron chi connectivity index (χ1n) is 13.6. The number of aromatic nitrogens is 1. The van der Waals surface area contributed by atoms with E-state index in [0.717, 1.165) is 21.2 Å². The van der Waals surface area contributed by atoms with Crippen molar-refractivity contribution in [1.82, 2.24) is 4.98 Å². The Morgan fingerprint density at radius 1 is 0.475 bits per heavy atom. The summed E-state index contributed by atoms with van der Waals surface area (Å²) in [5.41, 5.74) is 10.4. The zero-order valence-electron chi connectivity index (χ0n) is 21.7. The van der Waals surface area contributed by atoms with E-state index >= 15 is 0 Å². The Balaban J connectivity index is 1.58. The summed E-state index contributed by atoms with van der Waals surface area (Å²) in [7, 11) is 0. The largest absolute Gasteiger partial charge is 0.247 e. The van der Waals surface area contributed by atoms with Crippen LogP contribution in [0.4, 0.5) is 0 Å². The lowest BCUT2D eigenvalue weighted by atomic mass is 9.67. The van der Waals surface area contributed by atoms with Crippen LogP contribution in [0.3, 0.4) is 0 Å². The fraction of sp³-hybridized carbons (Fsp3) is 0.0263. The third-order valence-electron chi connectivity index (χ3n) is 8.38. The minimum absolute atomic E-state index is 0.442. The predicted molar refractivity (Wildman–Crippen MR) is 170 cm³/mol. The summed E-state index contributed by atoms with van der Waals surface area (Å²) in [6, 6.07) is 52.7. The van der Waals surface area contributed by atoms with Gasteiger partial charge < -0.3 is 0 Å². The zero-order valence-corrected chi connectivity index (χ0v) is 23.3. The maximum Gasteiger partial charge on any atom is 0.0788 e. The van der Waals surface area contributed by atoms with Gasteiger partial charge in [0.15, 0.2) is 0 Å². The number of para-hydroxylation sites is 1. The van der Waals surface area contributed by atoms with Gasteiger partial charge in [-0.3, -0.25) is 0 Å². The van der Waals surface area contributed by atoms with Gasteiger partial charge in [-0.1, -0.05) is 131 Å². The molecular weight excluding hydrogens is 550 g/mol. The van der Waals surface area contributed by atoms with Gasteiger partial charge in [-0.15, -0.1) is 0 Å². The highest BCUT2D eigenvalue weighted by Gasteiger charge is 2.46. The van der Waals surface area contributed by atoms with Crippen LogP contribution in [-0.4, -0.2) is 4.98 Å². The molecule has 188 valence electrons. The van der Waals surface area contributed by atoms with E-state index in [9.17, 15) is 0 Å². The lowest BCUT2D eigenvalue weighted by molar-refractivity contribution is 0.769. The number of benzene rings is 6. The molecule has 0 saturated carbocycles. The molecule has 1 nitrogen and oxygen atoms in total. The first kappa shape index (κ1) is 23.4. The molecule has 1 aliphatic rings. The van der Waals surface area contributed by atoms with Gasteiger partial charge in [0.25, 0.3) is 0 Å². The smallest absolute Gasteiger partial charge is 0.0788 e. The minimum atomic E-state index is -0.442. The second-order valence-electron chi connectivity index (χ2n) is 10.5. The van der Waals surface area contributed by atoms with Crippen molar-refractivity contribution in [2.75, 3.05) is 0 Å². The molecule has 0 amide bonds. The molecule has 0 fully saturated rings. The van der Waals surface area contributed by atoms with Crippen molar-refractivity contribution >= 4 is 37.6 Å².